The molecule has 1 aromatic rings. The number of halogens is 1. The van der Waals surface area contributed by atoms with Crippen LogP contribution in [0, 0.1) is 5.92 Å². The summed E-state index contributed by atoms with van der Waals surface area (Å²) in [7, 11) is 0. The quantitative estimate of drug-likeness (QED) is 0.352. The summed E-state index contributed by atoms with van der Waals surface area (Å²) in [6, 6.07) is 1.99. The van der Waals surface area contributed by atoms with Gasteiger partial charge in [0.15, 0.2) is 11.7 Å². The average Bonchev–Trinajstić information content (AvgIpc) is 3.21. The summed E-state index contributed by atoms with van der Waals surface area (Å²) in [4.78, 5) is 7.16. The van der Waals surface area contributed by atoms with Crippen molar-refractivity contribution in [2.24, 2.45) is 10.9 Å². The van der Waals surface area contributed by atoms with E-state index < -0.39 is 0 Å². The van der Waals surface area contributed by atoms with Crippen LogP contribution in [0.3, 0.4) is 0 Å². The van der Waals surface area contributed by atoms with E-state index in [4.69, 9.17) is 4.52 Å². The number of aromatic nitrogens is 1. The Hall–Kier alpha value is -0.830. The van der Waals surface area contributed by atoms with Crippen LogP contribution in [0.4, 0.5) is 0 Å². The largest absolute Gasteiger partial charge is 0.359 e. The van der Waals surface area contributed by atoms with Gasteiger partial charge in [0.05, 0.1) is 5.69 Å². The number of guanidine groups is 1. The fraction of sp³-hybridized carbons (Fsp3) is 0.778. The summed E-state index contributed by atoms with van der Waals surface area (Å²) in [5, 5.41) is 10.8. The number of hydrogen-bond donors (Lipinski definition) is 2. The molecule has 1 fully saturated rings. The lowest BCUT2D eigenvalue weighted by Crippen LogP contribution is -2.41. The SMILES string of the molecule is CCNC(=NCc1cc(C(C)C)no1)NCC(C)CN1CCCC1.I. The van der Waals surface area contributed by atoms with Crippen LogP contribution in [-0.2, 0) is 6.54 Å². The van der Waals surface area contributed by atoms with Gasteiger partial charge in [-0.2, -0.15) is 0 Å². The van der Waals surface area contributed by atoms with E-state index in [2.05, 4.69) is 53.4 Å². The second-order valence-electron chi connectivity index (χ2n) is 7.06. The van der Waals surface area contributed by atoms with Gasteiger partial charge in [0.25, 0.3) is 0 Å². The van der Waals surface area contributed by atoms with Crippen molar-refractivity contribution in [2.45, 2.75) is 53.0 Å². The molecule has 1 atom stereocenters. The van der Waals surface area contributed by atoms with Gasteiger partial charge in [0.1, 0.15) is 6.54 Å². The highest BCUT2D eigenvalue weighted by Crippen LogP contribution is 2.14. The summed E-state index contributed by atoms with van der Waals surface area (Å²) in [5.74, 6) is 2.63. The molecule has 0 aliphatic carbocycles. The molecule has 2 N–H and O–H groups in total. The van der Waals surface area contributed by atoms with Crippen molar-refractivity contribution in [3.8, 4) is 0 Å². The van der Waals surface area contributed by atoms with Gasteiger partial charge in [-0.05, 0) is 44.7 Å². The van der Waals surface area contributed by atoms with E-state index in [0.29, 0.717) is 18.4 Å². The molecule has 0 saturated carbocycles. The van der Waals surface area contributed by atoms with Crippen LogP contribution in [0.1, 0.15) is 57.9 Å². The van der Waals surface area contributed by atoms with Crippen LogP contribution in [0.2, 0.25) is 0 Å². The van der Waals surface area contributed by atoms with Crippen LogP contribution >= 0.6 is 24.0 Å². The molecule has 144 valence electrons. The maximum atomic E-state index is 5.35. The molecular weight excluding hydrogens is 429 g/mol. The number of aliphatic imine (C=N–C) groups is 1. The first-order chi connectivity index (χ1) is 11.6. The molecule has 0 amide bonds. The summed E-state index contributed by atoms with van der Waals surface area (Å²) in [6.45, 7) is 14.5. The van der Waals surface area contributed by atoms with Gasteiger partial charge in [-0.3, -0.25) is 0 Å². The molecular formula is C18H34IN5O. The Morgan fingerprint density at radius 1 is 1.28 bits per heavy atom. The monoisotopic (exact) mass is 463 g/mol. The molecule has 1 saturated heterocycles. The molecule has 1 aliphatic heterocycles. The van der Waals surface area contributed by atoms with Crippen LogP contribution in [-0.4, -0.2) is 48.7 Å². The minimum absolute atomic E-state index is 0. The number of likely N-dealkylation sites (tertiary alicyclic amines) is 1. The van der Waals surface area contributed by atoms with Crippen molar-refractivity contribution in [1.29, 1.82) is 0 Å². The first-order valence-corrected chi connectivity index (χ1v) is 9.28. The fourth-order valence-electron chi connectivity index (χ4n) is 2.92. The van der Waals surface area contributed by atoms with Crippen molar-refractivity contribution in [3.63, 3.8) is 0 Å². The van der Waals surface area contributed by atoms with Crippen molar-refractivity contribution in [3.05, 3.63) is 17.5 Å². The molecule has 1 aromatic heterocycles. The topological polar surface area (TPSA) is 65.7 Å². The Labute approximate surface area is 169 Å². The van der Waals surface area contributed by atoms with Crippen molar-refractivity contribution < 1.29 is 4.52 Å². The number of nitrogens with zero attached hydrogens (tertiary/aromatic N) is 3. The van der Waals surface area contributed by atoms with E-state index in [1.54, 1.807) is 0 Å². The number of nitrogens with one attached hydrogen (secondary N) is 2. The molecule has 0 aromatic carbocycles. The van der Waals surface area contributed by atoms with Crippen LogP contribution < -0.4 is 10.6 Å². The Bertz CT molecular complexity index is 511. The van der Waals surface area contributed by atoms with Crippen LogP contribution in [0.25, 0.3) is 0 Å². The lowest BCUT2D eigenvalue weighted by atomic mass is 10.1. The zero-order valence-corrected chi connectivity index (χ0v) is 18.4. The minimum atomic E-state index is 0. The maximum Gasteiger partial charge on any atom is 0.191 e. The zero-order valence-electron chi connectivity index (χ0n) is 16.0. The second-order valence-corrected chi connectivity index (χ2v) is 7.06. The number of rotatable bonds is 8. The van der Waals surface area contributed by atoms with E-state index >= 15 is 0 Å². The fourth-order valence-corrected chi connectivity index (χ4v) is 2.92. The van der Waals surface area contributed by atoms with E-state index in [1.807, 2.05) is 6.07 Å². The Morgan fingerprint density at radius 3 is 2.60 bits per heavy atom. The van der Waals surface area contributed by atoms with Crippen molar-refractivity contribution in [1.82, 2.24) is 20.7 Å². The molecule has 0 radical (unpaired) electrons. The minimum Gasteiger partial charge on any atom is -0.359 e. The summed E-state index contributed by atoms with van der Waals surface area (Å²) < 4.78 is 5.35. The van der Waals surface area contributed by atoms with E-state index in [-0.39, 0.29) is 24.0 Å². The highest BCUT2D eigenvalue weighted by molar-refractivity contribution is 14.0. The van der Waals surface area contributed by atoms with E-state index in [1.165, 1.54) is 25.9 Å². The first-order valence-electron chi connectivity index (χ1n) is 9.28. The molecule has 2 rings (SSSR count). The first kappa shape index (κ1) is 22.2. The Morgan fingerprint density at radius 2 is 2.00 bits per heavy atom. The number of hydrogen-bond acceptors (Lipinski definition) is 4. The molecule has 6 nitrogen and oxygen atoms in total. The van der Waals surface area contributed by atoms with E-state index in [9.17, 15) is 0 Å². The molecule has 1 aliphatic rings. The maximum absolute atomic E-state index is 5.35. The zero-order chi connectivity index (χ0) is 17.4. The van der Waals surface area contributed by atoms with Crippen LogP contribution in [0.5, 0.6) is 0 Å². The smallest absolute Gasteiger partial charge is 0.191 e. The lowest BCUT2D eigenvalue weighted by molar-refractivity contribution is 0.287. The molecule has 25 heavy (non-hydrogen) atoms. The molecule has 1 unspecified atom stereocenters. The third kappa shape index (κ3) is 7.94. The predicted molar refractivity (Wildman–Crippen MR) is 114 cm³/mol. The van der Waals surface area contributed by atoms with Crippen molar-refractivity contribution >= 4 is 29.9 Å². The summed E-state index contributed by atoms with van der Waals surface area (Å²) in [5.41, 5.74) is 0.984. The van der Waals surface area contributed by atoms with Gasteiger partial charge >= 0.3 is 0 Å². The van der Waals surface area contributed by atoms with Gasteiger partial charge in [-0.1, -0.05) is 25.9 Å². The van der Waals surface area contributed by atoms with Gasteiger partial charge in [0.2, 0.25) is 0 Å². The molecule has 0 bridgehead atoms. The third-order valence-electron chi connectivity index (χ3n) is 4.29. The molecule has 2 heterocycles. The van der Waals surface area contributed by atoms with Gasteiger partial charge in [0, 0.05) is 25.7 Å². The third-order valence-corrected chi connectivity index (χ3v) is 4.29. The summed E-state index contributed by atoms with van der Waals surface area (Å²) >= 11 is 0. The normalized spacial score (nSPS) is 16.8. The second kappa shape index (κ2) is 11.7. The highest BCUT2D eigenvalue weighted by Gasteiger charge is 2.15. The van der Waals surface area contributed by atoms with E-state index in [0.717, 1.165) is 37.0 Å². The average molecular weight is 463 g/mol. The Balaban J connectivity index is 0.00000312. The van der Waals surface area contributed by atoms with Gasteiger partial charge < -0.3 is 20.1 Å². The van der Waals surface area contributed by atoms with Crippen LogP contribution in [0.15, 0.2) is 15.6 Å². The van der Waals surface area contributed by atoms with Gasteiger partial charge in [-0.15, -0.1) is 24.0 Å². The molecule has 7 heteroatoms. The molecule has 0 spiro atoms. The predicted octanol–water partition coefficient (Wildman–Crippen LogP) is 3.20. The highest BCUT2D eigenvalue weighted by atomic mass is 127. The summed E-state index contributed by atoms with van der Waals surface area (Å²) in [6.07, 6.45) is 2.69. The van der Waals surface area contributed by atoms with Gasteiger partial charge in [-0.25, -0.2) is 4.99 Å². The Kier molecular flexibility index (Phi) is 10.4. The van der Waals surface area contributed by atoms with Crippen molar-refractivity contribution in [2.75, 3.05) is 32.7 Å². The standard InChI is InChI=1S/C18H33N5O.HI/c1-5-19-18(20-11-15(4)13-23-8-6-7-9-23)21-12-16-10-17(14(2)3)22-24-16;/h10,14-15H,5-9,11-13H2,1-4H3,(H2,19,20,21);1H. The lowest BCUT2D eigenvalue weighted by Gasteiger charge is -2.21.